The molecule has 2 aliphatic heterocycles. The van der Waals surface area contributed by atoms with E-state index in [1.807, 2.05) is 34.1 Å². The van der Waals surface area contributed by atoms with E-state index >= 15 is 0 Å². The lowest BCUT2D eigenvalue weighted by Crippen LogP contribution is -2.52. The Labute approximate surface area is 149 Å². The number of carbonyl (C=O) groups excluding carboxylic acids is 2. The minimum absolute atomic E-state index is 0.0460. The lowest BCUT2D eigenvalue weighted by Gasteiger charge is -2.35. The first kappa shape index (κ1) is 17.9. The minimum atomic E-state index is -0.271. The summed E-state index contributed by atoms with van der Waals surface area (Å²) in [4.78, 5) is 28.7. The molecule has 2 aliphatic rings. The normalized spacial score (nSPS) is 21.5. The highest BCUT2D eigenvalue weighted by atomic mass is 16.5. The van der Waals surface area contributed by atoms with Gasteiger partial charge in [-0.3, -0.25) is 9.59 Å². The van der Waals surface area contributed by atoms with Crippen LogP contribution in [0.25, 0.3) is 0 Å². The molecule has 2 fully saturated rings. The van der Waals surface area contributed by atoms with Crippen molar-refractivity contribution in [2.45, 2.75) is 45.1 Å². The van der Waals surface area contributed by atoms with Crippen LogP contribution in [0.2, 0.25) is 0 Å². The van der Waals surface area contributed by atoms with E-state index in [9.17, 15) is 9.59 Å². The summed E-state index contributed by atoms with van der Waals surface area (Å²) in [5, 5.41) is 0. The maximum atomic E-state index is 12.7. The van der Waals surface area contributed by atoms with Crippen LogP contribution in [0, 0.1) is 0 Å². The highest BCUT2D eigenvalue weighted by molar-refractivity contribution is 5.94. The van der Waals surface area contributed by atoms with E-state index in [-0.39, 0.29) is 23.3 Å². The number of rotatable bonds is 2. The second-order valence-corrected chi connectivity index (χ2v) is 7.95. The van der Waals surface area contributed by atoms with Gasteiger partial charge >= 0.3 is 0 Å². The largest absolute Gasteiger partial charge is 0.368 e. The smallest absolute Gasteiger partial charge is 0.253 e. The van der Waals surface area contributed by atoms with Crippen molar-refractivity contribution < 1.29 is 14.3 Å². The molecular formula is C20H28N2O3. The molecule has 1 unspecified atom stereocenters. The maximum Gasteiger partial charge on any atom is 0.253 e. The molecule has 0 N–H and O–H groups in total. The standard InChI is InChI=1S/C20H28N2O3/c1-20(2,3)16-8-6-15(7-9-16)18(23)21-10-12-22(13-11-21)19(24)17-5-4-14-25-17/h6-9,17H,4-5,10-14H2,1-3H3. The maximum absolute atomic E-state index is 12.7. The fraction of sp³-hybridized carbons (Fsp3) is 0.600. The molecule has 2 heterocycles. The van der Waals surface area contributed by atoms with Gasteiger partial charge in [0.15, 0.2) is 0 Å². The van der Waals surface area contributed by atoms with Crippen molar-refractivity contribution in [3.05, 3.63) is 35.4 Å². The number of benzene rings is 1. The van der Waals surface area contributed by atoms with E-state index in [1.54, 1.807) is 0 Å². The summed E-state index contributed by atoms with van der Waals surface area (Å²) in [6.07, 6.45) is 1.50. The lowest BCUT2D eigenvalue weighted by atomic mass is 9.86. The Hall–Kier alpha value is -1.88. The SMILES string of the molecule is CC(C)(C)c1ccc(C(=O)N2CCN(C(=O)C3CCCO3)CC2)cc1. The van der Waals surface area contributed by atoms with Crippen molar-refractivity contribution in [3.8, 4) is 0 Å². The topological polar surface area (TPSA) is 49.9 Å². The highest BCUT2D eigenvalue weighted by Crippen LogP contribution is 2.23. The minimum Gasteiger partial charge on any atom is -0.368 e. The second kappa shape index (κ2) is 7.16. The number of piperazine rings is 1. The van der Waals surface area contributed by atoms with Gasteiger partial charge in [0.05, 0.1) is 0 Å². The number of nitrogens with zero attached hydrogens (tertiary/aromatic N) is 2. The molecule has 136 valence electrons. The predicted octanol–water partition coefficient (Wildman–Crippen LogP) is 2.45. The van der Waals surface area contributed by atoms with E-state index in [0.29, 0.717) is 38.3 Å². The number of hydrogen-bond acceptors (Lipinski definition) is 3. The first-order chi connectivity index (χ1) is 11.9. The molecule has 0 bridgehead atoms. The monoisotopic (exact) mass is 344 g/mol. The third-order valence-corrected chi connectivity index (χ3v) is 5.08. The molecule has 0 aliphatic carbocycles. The quantitative estimate of drug-likeness (QED) is 0.828. The summed E-state index contributed by atoms with van der Waals surface area (Å²) < 4.78 is 5.48. The van der Waals surface area contributed by atoms with Gasteiger partial charge in [-0.1, -0.05) is 32.9 Å². The van der Waals surface area contributed by atoms with Crippen LogP contribution in [0.3, 0.4) is 0 Å². The van der Waals surface area contributed by atoms with Crippen molar-refractivity contribution in [1.82, 2.24) is 9.80 Å². The van der Waals surface area contributed by atoms with E-state index in [4.69, 9.17) is 4.74 Å². The summed E-state index contributed by atoms with van der Waals surface area (Å²) >= 11 is 0. The third kappa shape index (κ3) is 4.03. The molecule has 2 saturated heterocycles. The van der Waals surface area contributed by atoms with Crippen molar-refractivity contribution >= 4 is 11.8 Å². The Bertz CT molecular complexity index is 619. The van der Waals surface area contributed by atoms with Crippen LogP contribution >= 0.6 is 0 Å². The molecule has 0 spiro atoms. The van der Waals surface area contributed by atoms with Gasteiger partial charge in [-0.25, -0.2) is 0 Å². The number of carbonyl (C=O) groups is 2. The number of hydrogen-bond donors (Lipinski definition) is 0. The van der Waals surface area contributed by atoms with Gasteiger partial charge in [-0.15, -0.1) is 0 Å². The molecule has 5 nitrogen and oxygen atoms in total. The van der Waals surface area contributed by atoms with Gasteiger partial charge < -0.3 is 14.5 Å². The van der Waals surface area contributed by atoms with Gasteiger partial charge in [-0.2, -0.15) is 0 Å². The molecule has 2 amide bonds. The second-order valence-electron chi connectivity index (χ2n) is 7.95. The zero-order valence-electron chi connectivity index (χ0n) is 15.5. The molecular weight excluding hydrogens is 316 g/mol. The molecule has 1 aromatic rings. The van der Waals surface area contributed by atoms with Crippen LogP contribution in [0.1, 0.15) is 49.5 Å². The van der Waals surface area contributed by atoms with Gasteiger partial charge in [0.2, 0.25) is 0 Å². The zero-order valence-corrected chi connectivity index (χ0v) is 15.5. The molecule has 0 saturated carbocycles. The van der Waals surface area contributed by atoms with Crippen LogP contribution in [0.4, 0.5) is 0 Å². The average Bonchev–Trinajstić information content (AvgIpc) is 3.14. The Morgan fingerprint density at radius 1 is 1.00 bits per heavy atom. The highest BCUT2D eigenvalue weighted by Gasteiger charge is 2.31. The average molecular weight is 344 g/mol. The number of ether oxygens (including phenoxy) is 1. The molecule has 0 aromatic heterocycles. The molecule has 0 radical (unpaired) electrons. The summed E-state index contributed by atoms with van der Waals surface area (Å²) in [5.74, 6) is 0.129. The lowest BCUT2D eigenvalue weighted by molar-refractivity contribution is -0.142. The van der Waals surface area contributed by atoms with E-state index in [0.717, 1.165) is 12.8 Å². The van der Waals surface area contributed by atoms with Gasteiger partial charge in [0.25, 0.3) is 11.8 Å². The Kier molecular flexibility index (Phi) is 5.13. The van der Waals surface area contributed by atoms with E-state index in [2.05, 4.69) is 20.8 Å². The summed E-state index contributed by atoms with van der Waals surface area (Å²) in [6, 6.07) is 7.88. The molecule has 1 aromatic carbocycles. The van der Waals surface area contributed by atoms with Crippen LogP contribution in [0.15, 0.2) is 24.3 Å². The Balaban J connectivity index is 1.57. The first-order valence-electron chi connectivity index (χ1n) is 9.16. The van der Waals surface area contributed by atoms with Crippen LogP contribution in [-0.4, -0.2) is 60.5 Å². The molecule has 1 atom stereocenters. The molecule has 25 heavy (non-hydrogen) atoms. The van der Waals surface area contributed by atoms with Crippen molar-refractivity contribution in [2.75, 3.05) is 32.8 Å². The van der Waals surface area contributed by atoms with Gasteiger partial charge in [-0.05, 0) is 36.0 Å². The van der Waals surface area contributed by atoms with Crippen molar-refractivity contribution in [3.63, 3.8) is 0 Å². The van der Waals surface area contributed by atoms with Crippen LogP contribution in [-0.2, 0) is 14.9 Å². The van der Waals surface area contributed by atoms with Gasteiger partial charge in [0.1, 0.15) is 6.10 Å². The summed E-state index contributed by atoms with van der Waals surface area (Å²) in [6.45, 7) is 9.50. The van der Waals surface area contributed by atoms with E-state index in [1.165, 1.54) is 5.56 Å². The summed E-state index contributed by atoms with van der Waals surface area (Å²) in [7, 11) is 0. The van der Waals surface area contributed by atoms with Crippen LogP contribution < -0.4 is 0 Å². The molecule has 3 rings (SSSR count). The Morgan fingerprint density at radius 2 is 1.60 bits per heavy atom. The fourth-order valence-corrected chi connectivity index (χ4v) is 3.40. The van der Waals surface area contributed by atoms with Gasteiger partial charge in [0, 0.05) is 38.3 Å². The van der Waals surface area contributed by atoms with Crippen molar-refractivity contribution in [2.24, 2.45) is 0 Å². The fourth-order valence-electron chi connectivity index (χ4n) is 3.40. The Morgan fingerprint density at radius 3 is 2.12 bits per heavy atom. The van der Waals surface area contributed by atoms with E-state index < -0.39 is 0 Å². The third-order valence-electron chi connectivity index (χ3n) is 5.08. The molecule has 5 heteroatoms. The zero-order chi connectivity index (χ0) is 18.0. The first-order valence-corrected chi connectivity index (χ1v) is 9.16. The number of amides is 2. The summed E-state index contributed by atoms with van der Waals surface area (Å²) in [5.41, 5.74) is 2.01. The van der Waals surface area contributed by atoms with Crippen molar-refractivity contribution in [1.29, 1.82) is 0 Å². The van der Waals surface area contributed by atoms with Crippen LogP contribution in [0.5, 0.6) is 0 Å². The predicted molar refractivity (Wildman–Crippen MR) is 96.6 cm³/mol.